The summed E-state index contributed by atoms with van der Waals surface area (Å²) in [6, 6.07) is 9.62. The molecule has 0 spiro atoms. The van der Waals surface area contributed by atoms with Crippen LogP contribution in [-0.2, 0) is 9.53 Å². The van der Waals surface area contributed by atoms with Crippen molar-refractivity contribution in [2.75, 3.05) is 6.54 Å². The average molecular weight is 203 g/mol. The van der Waals surface area contributed by atoms with E-state index in [9.17, 15) is 4.79 Å². The van der Waals surface area contributed by atoms with Gasteiger partial charge in [-0.2, -0.15) is 0 Å². The minimum absolute atomic E-state index is 0.0113. The molecule has 15 heavy (non-hydrogen) atoms. The highest BCUT2D eigenvalue weighted by molar-refractivity contribution is 5.99. The van der Waals surface area contributed by atoms with E-state index in [0.29, 0.717) is 12.4 Å². The van der Waals surface area contributed by atoms with Gasteiger partial charge in [-0.25, -0.2) is 4.99 Å². The predicted octanol–water partition coefficient (Wildman–Crippen LogP) is 1.81. The van der Waals surface area contributed by atoms with Crippen LogP contribution < -0.4 is 0 Å². The lowest BCUT2D eigenvalue weighted by molar-refractivity contribution is -0.129. The number of rotatable bonds is 2. The highest BCUT2D eigenvalue weighted by Gasteiger charge is 2.37. The molecule has 0 saturated carbocycles. The Morgan fingerprint density at radius 2 is 2.07 bits per heavy atom. The minimum Gasteiger partial charge on any atom is -0.461 e. The molecule has 0 bridgehead atoms. The van der Waals surface area contributed by atoms with Gasteiger partial charge in [-0.3, -0.25) is 4.79 Å². The summed E-state index contributed by atoms with van der Waals surface area (Å²) < 4.78 is 5.60. The maximum atomic E-state index is 11.3. The molecular weight excluding hydrogens is 190 g/mol. The number of carbonyl (C=O) groups excluding carboxylic acids is 1. The summed E-state index contributed by atoms with van der Waals surface area (Å²) in [5, 5.41) is 0. The molecule has 2 rings (SSSR count). The van der Waals surface area contributed by atoms with E-state index in [-0.39, 0.29) is 5.78 Å². The van der Waals surface area contributed by atoms with Crippen LogP contribution in [0.3, 0.4) is 0 Å². The van der Waals surface area contributed by atoms with Gasteiger partial charge < -0.3 is 4.74 Å². The van der Waals surface area contributed by atoms with Gasteiger partial charge in [-0.15, -0.1) is 0 Å². The molecule has 1 aromatic rings. The molecule has 0 aliphatic carbocycles. The van der Waals surface area contributed by atoms with Crippen molar-refractivity contribution in [3.05, 3.63) is 35.9 Å². The summed E-state index contributed by atoms with van der Waals surface area (Å²) >= 11 is 0. The van der Waals surface area contributed by atoms with E-state index >= 15 is 0 Å². The number of ketones is 1. The molecule has 1 aromatic carbocycles. The normalized spacial score (nSPS) is 24.5. The molecule has 0 fully saturated rings. The van der Waals surface area contributed by atoms with Crippen LogP contribution in [0.5, 0.6) is 0 Å². The van der Waals surface area contributed by atoms with Gasteiger partial charge in [0, 0.05) is 5.56 Å². The molecule has 78 valence electrons. The third-order valence-electron chi connectivity index (χ3n) is 2.61. The Bertz CT molecular complexity index is 411. The number of carbonyl (C=O) groups is 1. The molecule has 0 radical (unpaired) electrons. The van der Waals surface area contributed by atoms with Crippen molar-refractivity contribution in [2.45, 2.75) is 19.4 Å². The fourth-order valence-corrected chi connectivity index (χ4v) is 1.41. The van der Waals surface area contributed by atoms with Gasteiger partial charge >= 0.3 is 0 Å². The highest BCUT2D eigenvalue weighted by Crippen LogP contribution is 2.22. The SMILES string of the molecule is CC(=O)C1(C)CN=C(c2ccccc2)O1. The number of hydrogen-bond acceptors (Lipinski definition) is 3. The summed E-state index contributed by atoms with van der Waals surface area (Å²) in [7, 11) is 0. The Balaban J connectivity index is 2.21. The molecule has 1 heterocycles. The molecule has 3 heteroatoms. The van der Waals surface area contributed by atoms with Crippen molar-refractivity contribution in [1.29, 1.82) is 0 Å². The van der Waals surface area contributed by atoms with Gasteiger partial charge in [0.15, 0.2) is 11.4 Å². The standard InChI is InChI=1S/C12H13NO2/c1-9(14)12(2)8-13-11(15-12)10-6-4-3-5-7-10/h3-7H,8H2,1-2H3. The number of hydrogen-bond donors (Lipinski definition) is 0. The molecule has 0 aromatic heterocycles. The summed E-state index contributed by atoms with van der Waals surface area (Å²) in [6.45, 7) is 3.71. The van der Waals surface area contributed by atoms with Crippen LogP contribution in [0.2, 0.25) is 0 Å². The van der Waals surface area contributed by atoms with Gasteiger partial charge in [0.1, 0.15) is 0 Å². The maximum Gasteiger partial charge on any atom is 0.217 e. The lowest BCUT2D eigenvalue weighted by Crippen LogP contribution is -2.37. The fourth-order valence-electron chi connectivity index (χ4n) is 1.41. The Labute approximate surface area is 88.8 Å². The Morgan fingerprint density at radius 1 is 1.40 bits per heavy atom. The van der Waals surface area contributed by atoms with Crippen molar-refractivity contribution in [3.8, 4) is 0 Å². The lowest BCUT2D eigenvalue weighted by Gasteiger charge is -2.19. The van der Waals surface area contributed by atoms with Gasteiger partial charge in [-0.1, -0.05) is 18.2 Å². The monoisotopic (exact) mass is 203 g/mol. The molecule has 3 nitrogen and oxygen atoms in total. The molecule has 0 amide bonds. The molecule has 1 atom stereocenters. The van der Waals surface area contributed by atoms with Crippen molar-refractivity contribution in [1.82, 2.24) is 0 Å². The number of ether oxygens (including phenoxy) is 1. The molecule has 0 saturated heterocycles. The summed E-state index contributed by atoms with van der Waals surface area (Å²) in [4.78, 5) is 15.6. The van der Waals surface area contributed by atoms with E-state index in [0.717, 1.165) is 5.56 Å². The maximum absolute atomic E-state index is 11.3. The fraction of sp³-hybridized carbons (Fsp3) is 0.333. The predicted molar refractivity (Wildman–Crippen MR) is 58.0 cm³/mol. The van der Waals surface area contributed by atoms with Crippen LogP contribution in [0.4, 0.5) is 0 Å². The van der Waals surface area contributed by atoms with Crippen LogP contribution in [0.1, 0.15) is 19.4 Å². The smallest absolute Gasteiger partial charge is 0.217 e. The zero-order valence-electron chi connectivity index (χ0n) is 8.86. The quantitative estimate of drug-likeness (QED) is 0.735. The summed E-state index contributed by atoms with van der Waals surface area (Å²) in [6.07, 6.45) is 0. The molecule has 1 aliphatic rings. The van der Waals surface area contributed by atoms with Gasteiger partial charge in [-0.05, 0) is 26.0 Å². The largest absolute Gasteiger partial charge is 0.461 e. The van der Waals surface area contributed by atoms with Crippen molar-refractivity contribution in [2.24, 2.45) is 4.99 Å². The van der Waals surface area contributed by atoms with Crippen LogP contribution in [0.25, 0.3) is 0 Å². The Hall–Kier alpha value is -1.64. The first-order chi connectivity index (χ1) is 7.12. The zero-order valence-corrected chi connectivity index (χ0v) is 8.86. The third kappa shape index (κ3) is 1.77. The first-order valence-electron chi connectivity index (χ1n) is 4.92. The Morgan fingerprint density at radius 3 is 2.60 bits per heavy atom. The van der Waals surface area contributed by atoms with Gasteiger partial charge in [0.25, 0.3) is 0 Å². The van der Waals surface area contributed by atoms with E-state index in [2.05, 4.69) is 4.99 Å². The first kappa shape index (κ1) is 9.90. The summed E-state index contributed by atoms with van der Waals surface area (Å²) in [5.74, 6) is 0.575. The second-order valence-electron chi connectivity index (χ2n) is 3.88. The van der Waals surface area contributed by atoms with Crippen LogP contribution in [-0.4, -0.2) is 23.8 Å². The van der Waals surface area contributed by atoms with Gasteiger partial charge in [0.2, 0.25) is 5.90 Å². The second-order valence-corrected chi connectivity index (χ2v) is 3.88. The average Bonchev–Trinajstić information content (AvgIpc) is 2.64. The van der Waals surface area contributed by atoms with Crippen molar-refractivity contribution < 1.29 is 9.53 Å². The van der Waals surface area contributed by atoms with E-state index in [4.69, 9.17) is 4.74 Å². The van der Waals surface area contributed by atoms with E-state index in [1.807, 2.05) is 30.3 Å². The van der Waals surface area contributed by atoms with Gasteiger partial charge in [0.05, 0.1) is 6.54 Å². The molecule has 0 N–H and O–H groups in total. The number of aliphatic imine (C=N–C) groups is 1. The number of benzene rings is 1. The summed E-state index contributed by atoms with van der Waals surface area (Å²) in [5.41, 5.74) is 0.146. The molecule has 1 aliphatic heterocycles. The third-order valence-corrected chi connectivity index (χ3v) is 2.61. The van der Waals surface area contributed by atoms with Crippen LogP contribution in [0, 0.1) is 0 Å². The highest BCUT2D eigenvalue weighted by atomic mass is 16.5. The second kappa shape index (κ2) is 3.50. The topological polar surface area (TPSA) is 38.7 Å². The van der Waals surface area contributed by atoms with E-state index in [1.54, 1.807) is 6.92 Å². The van der Waals surface area contributed by atoms with Crippen molar-refractivity contribution in [3.63, 3.8) is 0 Å². The molecule has 1 unspecified atom stereocenters. The molecular formula is C12H13NO2. The lowest BCUT2D eigenvalue weighted by atomic mass is 10.0. The van der Waals surface area contributed by atoms with E-state index < -0.39 is 5.60 Å². The van der Waals surface area contributed by atoms with Crippen molar-refractivity contribution >= 4 is 11.7 Å². The zero-order chi connectivity index (χ0) is 10.9. The Kier molecular flexibility index (Phi) is 2.31. The number of Topliss-reactive ketones (excluding diaryl/α,β-unsaturated/α-hetero) is 1. The minimum atomic E-state index is -0.773. The number of nitrogens with zero attached hydrogens (tertiary/aromatic N) is 1. The first-order valence-corrected chi connectivity index (χ1v) is 4.92. The van der Waals surface area contributed by atoms with Crippen LogP contribution >= 0.6 is 0 Å². The van der Waals surface area contributed by atoms with E-state index in [1.165, 1.54) is 6.92 Å². The van der Waals surface area contributed by atoms with Crippen LogP contribution in [0.15, 0.2) is 35.3 Å².